The molecule has 202 valence electrons. The number of nitrogens with zero attached hydrogens (tertiary/aromatic N) is 3. The molecule has 37 heavy (non-hydrogen) atoms. The molecule has 1 N–H and O–H groups in total. The number of aryl methyl sites for hydroxylation is 1. The summed E-state index contributed by atoms with van der Waals surface area (Å²) in [5, 5.41) is 4.97. The maximum atomic E-state index is 12.3. The van der Waals surface area contributed by atoms with Gasteiger partial charge in [-0.3, -0.25) is 4.79 Å². The van der Waals surface area contributed by atoms with Crippen molar-refractivity contribution in [3.05, 3.63) is 45.4 Å². The molecule has 1 fully saturated rings. The summed E-state index contributed by atoms with van der Waals surface area (Å²) < 4.78 is 24.4. The Kier molecular flexibility index (Phi) is 9.94. The van der Waals surface area contributed by atoms with Crippen LogP contribution >= 0.6 is 22.9 Å². The number of fused-ring (bicyclic) bond motifs is 1. The molecule has 1 saturated carbocycles. The Balaban J connectivity index is 0.000000231. The Hall–Kier alpha value is -2.23. The minimum absolute atomic E-state index is 0.0541. The van der Waals surface area contributed by atoms with E-state index in [-0.39, 0.29) is 20.7 Å². The van der Waals surface area contributed by atoms with Gasteiger partial charge in [0, 0.05) is 31.4 Å². The highest BCUT2D eigenvalue weighted by Gasteiger charge is 2.28. The first-order valence-electron chi connectivity index (χ1n) is 12.6. The molecule has 7 nitrogen and oxygen atoms in total. The lowest BCUT2D eigenvalue weighted by Crippen LogP contribution is -2.30. The highest BCUT2D eigenvalue weighted by molar-refractivity contribution is 7.92. The van der Waals surface area contributed by atoms with Crippen molar-refractivity contribution in [2.45, 2.75) is 63.5 Å². The van der Waals surface area contributed by atoms with Gasteiger partial charge >= 0.3 is 0 Å². The first-order valence-corrected chi connectivity index (χ1v) is 15.4. The minimum atomic E-state index is -3.46. The summed E-state index contributed by atoms with van der Waals surface area (Å²) in [6.45, 7) is 8.02. The summed E-state index contributed by atoms with van der Waals surface area (Å²) >= 11 is 7.25. The molecule has 1 aliphatic rings. The minimum Gasteiger partial charge on any atom is -0.362 e. The second-order valence-electron chi connectivity index (χ2n) is 10.2. The molecule has 1 amide bonds. The van der Waals surface area contributed by atoms with E-state index in [9.17, 15) is 13.2 Å². The molecule has 0 bridgehead atoms. The van der Waals surface area contributed by atoms with Crippen LogP contribution in [-0.4, -0.2) is 50.2 Å². The molecular weight excluding hydrogens is 528 g/mol. The maximum Gasteiger partial charge on any atom is 0.262 e. The van der Waals surface area contributed by atoms with Crippen molar-refractivity contribution in [1.29, 1.82) is 0 Å². The van der Waals surface area contributed by atoms with Crippen molar-refractivity contribution in [3.63, 3.8) is 0 Å². The molecule has 10 heteroatoms. The third-order valence-electron chi connectivity index (χ3n) is 6.64. The van der Waals surface area contributed by atoms with Crippen molar-refractivity contribution in [2.24, 2.45) is 11.8 Å². The first-order chi connectivity index (χ1) is 17.4. The number of hydrogen-bond donors (Lipinski definition) is 1. The lowest BCUT2D eigenvalue weighted by Gasteiger charge is -2.26. The number of thiophene rings is 1. The fraction of sp³-hybridized carbons (Fsp3) is 0.519. The molecule has 0 saturated heterocycles. The van der Waals surface area contributed by atoms with Gasteiger partial charge in [-0.1, -0.05) is 43.5 Å². The van der Waals surface area contributed by atoms with Gasteiger partial charge < -0.3 is 10.2 Å². The van der Waals surface area contributed by atoms with Crippen LogP contribution in [0.15, 0.2) is 34.5 Å². The van der Waals surface area contributed by atoms with Crippen molar-refractivity contribution in [3.8, 4) is 0 Å². The zero-order chi connectivity index (χ0) is 27.3. The molecule has 1 aromatic carbocycles. The summed E-state index contributed by atoms with van der Waals surface area (Å²) in [5.74, 6) is 2.80. The van der Waals surface area contributed by atoms with E-state index in [0.29, 0.717) is 12.5 Å². The number of carbonyl (C=O) groups is 1. The van der Waals surface area contributed by atoms with E-state index >= 15 is 0 Å². The Bertz CT molecular complexity index is 1330. The van der Waals surface area contributed by atoms with E-state index < -0.39 is 15.1 Å². The predicted molar refractivity (Wildman–Crippen MR) is 154 cm³/mol. The Labute approximate surface area is 229 Å². The number of amides is 1. The Morgan fingerprint density at radius 3 is 2.43 bits per heavy atom. The molecule has 2 heterocycles. The molecule has 0 aliphatic heterocycles. The molecule has 0 atom stereocenters. The van der Waals surface area contributed by atoms with Crippen LogP contribution in [0.5, 0.6) is 0 Å². The van der Waals surface area contributed by atoms with Crippen LogP contribution in [0.3, 0.4) is 0 Å². The van der Waals surface area contributed by atoms with Crippen LogP contribution in [0.1, 0.15) is 62.0 Å². The lowest BCUT2D eigenvalue weighted by molar-refractivity contribution is 0.0946. The number of nitrogens with one attached hydrogen (secondary N) is 1. The van der Waals surface area contributed by atoms with Crippen LogP contribution < -0.4 is 10.2 Å². The van der Waals surface area contributed by atoms with Gasteiger partial charge in [0.25, 0.3) is 5.91 Å². The fourth-order valence-corrected chi connectivity index (χ4v) is 7.29. The molecule has 0 spiro atoms. The number of halogens is 1. The van der Waals surface area contributed by atoms with Gasteiger partial charge in [0.2, 0.25) is 0 Å². The third-order valence-corrected chi connectivity index (χ3v) is 10.6. The standard InChI is InChI=1S/C16H24ClNO3S2.C11H13N3/c1-10(2)23(20,21)13-9-22-15(14(13)17)16(19)18-8-12-6-4-11(3)5-7-12;1-8-12-10-7-5-4-6-9(10)11(13-8)14(2)3/h9-12H,4-8H2,1-3H3,(H,18,19);4-7H,1-3H3. The van der Waals surface area contributed by atoms with Crippen LogP contribution in [0, 0.1) is 18.8 Å². The number of carbonyl (C=O) groups excluding carboxylic acids is 1. The lowest BCUT2D eigenvalue weighted by atomic mass is 9.83. The average Bonchev–Trinajstić information content (AvgIpc) is 3.25. The highest BCUT2D eigenvalue weighted by Crippen LogP contribution is 2.34. The zero-order valence-corrected chi connectivity index (χ0v) is 24.8. The monoisotopic (exact) mass is 564 g/mol. The number of hydrogen-bond acceptors (Lipinski definition) is 7. The SMILES string of the molecule is CC1CCC(CNC(=O)c2scc(S(=O)(=O)C(C)C)c2Cl)CC1.Cc1nc(N(C)C)c2ccccc2n1. The number of aromatic nitrogens is 2. The second-order valence-corrected chi connectivity index (χ2v) is 13.9. The van der Waals surface area contributed by atoms with Crippen LogP contribution in [-0.2, 0) is 9.84 Å². The number of benzene rings is 1. The number of sulfone groups is 1. The van der Waals surface area contributed by atoms with Gasteiger partial charge in [0.05, 0.1) is 20.7 Å². The van der Waals surface area contributed by atoms with Gasteiger partial charge in [0.15, 0.2) is 9.84 Å². The van der Waals surface area contributed by atoms with Crippen molar-refractivity contribution < 1.29 is 13.2 Å². The molecule has 4 rings (SSSR count). The predicted octanol–water partition coefficient (Wildman–Crippen LogP) is 6.14. The largest absolute Gasteiger partial charge is 0.362 e. The molecule has 0 unspecified atom stereocenters. The number of para-hydroxylation sites is 1. The smallest absolute Gasteiger partial charge is 0.262 e. The van der Waals surface area contributed by atoms with Crippen LogP contribution in [0.4, 0.5) is 5.82 Å². The van der Waals surface area contributed by atoms with E-state index in [4.69, 9.17) is 11.6 Å². The maximum absolute atomic E-state index is 12.3. The van der Waals surface area contributed by atoms with Gasteiger partial charge in [-0.05, 0) is 57.6 Å². The van der Waals surface area contributed by atoms with Gasteiger partial charge in [-0.2, -0.15) is 0 Å². The zero-order valence-electron chi connectivity index (χ0n) is 22.4. The summed E-state index contributed by atoms with van der Waals surface area (Å²) in [6, 6.07) is 8.06. The van der Waals surface area contributed by atoms with E-state index in [1.807, 2.05) is 50.2 Å². The molecule has 1 aliphatic carbocycles. The number of rotatable bonds is 6. The molecule has 0 radical (unpaired) electrons. The van der Waals surface area contributed by atoms with Gasteiger partial charge in [0.1, 0.15) is 16.5 Å². The summed E-state index contributed by atoms with van der Waals surface area (Å²) in [6.07, 6.45) is 4.67. The van der Waals surface area contributed by atoms with E-state index in [1.54, 1.807) is 13.8 Å². The molecule has 2 aromatic heterocycles. The van der Waals surface area contributed by atoms with Crippen LogP contribution in [0.2, 0.25) is 5.02 Å². The molecular formula is C27H37ClN4O3S2. The Morgan fingerprint density at radius 1 is 1.16 bits per heavy atom. The number of anilines is 1. The second kappa shape index (κ2) is 12.5. The highest BCUT2D eigenvalue weighted by atomic mass is 35.5. The van der Waals surface area contributed by atoms with Crippen molar-refractivity contribution in [2.75, 3.05) is 25.5 Å². The fourth-order valence-electron chi connectivity index (χ4n) is 4.29. The quantitative estimate of drug-likeness (QED) is 0.386. The normalized spacial score (nSPS) is 17.8. The summed E-state index contributed by atoms with van der Waals surface area (Å²) in [5.41, 5.74) is 1.00. The molecule has 3 aromatic rings. The van der Waals surface area contributed by atoms with Crippen LogP contribution in [0.25, 0.3) is 10.9 Å². The van der Waals surface area contributed by atoms with E-state index in [2.05, 4.69) is 22.2 Å². The van der Waals surface area contributed by atoms with Gasteiger partial charge in [-0.25, -0.2) is 18.4 Å². The summed E-state index contributed by atoms with van der Waals surface area (Å²) in [4.78, 5) is 23.5. The first kappa shape index (κ1) is 29.3. The Morgan fingerprint density at radius 2 is 1.81 bits per heavy atom. The van der Waals surface area contributed by atoms with Crippen molar-refractivity contribution >= 4 is 55.4 Å². The van der Waals surface area contributed by atoms with Crippen molar-refractivity contribution in [1.82, 2.24) is 15.3 Å². The topological polar surface area (TPSA) is 92.3 Å². The third kappa shape index (κ3) is 7.21. The van der Waals surface area contributed by atoms with Gasteiger partial charge in [-0.15, -0.1) is 11.3 Å². The van der Waals surface area contributed by atoms with E-state index in [0.717, 1.165) is 52.6 Å². The van der Waals surface area contributed by atoms with E-state index in [1.165, 1.54) is 18.2 Å². The summed E-state index contributed by atoms with van der Waals surface area (Å²) in [7, 11) is 0.525. The average molecular weight is 565 g/mol.